The SMILES string of the molecule is Cc1c(F)cc(N)cc1S(=O)(=O)NCc1cccc(Br)c1. The average Bonchev–Trinajstić information content (AvgIpc) is 2.41. The first kappa shape index (κ1) is 15.9. The van der Waals surface area contributed by atoms with Gasteiger partial charge in [-0.05, 0) is 36.8 Å². The summed E-state index contributed by atoms with van der Waals surface area (Å²) in [5.41, 5.74) is 6.42. The highest BCUT2D eigenvalue weighted by Gasteiger charge is 2.19. The maximum absolute atomic E-state index is 13.6. The second-order valence-electron chi connectivity index (χ2n) is 4.58. The van der Waals surface area contributed by atoms with Gasteiger partial charge in [0.1, 0.15) is 5.82 Å². The van der Waals surface area contributed by atoms with E-state index in [2.05, 4.69) is 20.7 Å². The molecule has 0 unspecified atom stereocenters. The van der Waals surface area contributed by atoms with E-state index in [1.165, 1.54) is 13.0 Å². The molecular weight excluding hydrogens is 359 g/mol. The molecule has 112 valence electrons. The molecule has 4 nitrogen and oxygen atoms in total. The summed E-state index contributed by atoms with van der Waals surface area (Å²) in [4.78, 5) is -0.144. The van der Waals surface area contributed by atoms with Crippen molar-refractivity contribution in [1.82, 2.24) is 4.72 Å². The quantitative estimate of drug-likeness (QED) is 0.810. The zero-order valence-corrected chi connectivity index (χ0v) is 13.6. The third kappa shape index (κ3) is 3.81. The molecule has 0 amide bonds. The Balaban J connectivity index is 2.27. The number of hydrogen-bond donors (Lipinski definition) is 2. The van der Waals surface area contributed by atoms with Gasteiger partial charge in [-0.25, -0.2) is 17.5 Å². The standard InChI is InChI=1S/C14H14BrFN2O2S/c1-9-13(16)6-12(17)7-14(9)21(19,20)18-8-10-3-2-4-11(15)5-10/h2-7,18H,8,17H2,1H3. The van der Waals surface area contributed by atoms with Gasteiger partial charge in [0.15, 0.2) is 0 Å². The first-order valence-electron chi connectivity index (χ1n) is 6.09. The molecule has 0 aliphatic rings. The molecule has 0 atom stereocenters. The highest BCUT2D eigenvalue weighted by Crippen LogP contribution is 2.22. The number of nitrogens with one attached hydrogen (secondary N) is 1. The molecule has 0 aromatic heterocycles. The lowest BCUT2D eigenvalue weighted by Gasteiger charge is -2.11. The highest BCUT2D eigenvalue weighted by molar-refractivity contribution is 9.10. The van der Waals surface area contributed by atoms with Gasteiger partial charge in [0, 0.05) is 22.3 Å². The van der Waals surface area contributed by atoms with Gasteiger partial charge in [-0.1, -0.05) is 28.1 Å². The predicted octanol–water partition coefficient (Wildman–Crippen LogP) is 2.96. The van der Waals surface area contributed by atoms with Gasteiger partial charge in [-0.2, -0.15) is 0 Å². The monoisotopic (exact) mass is 372 g/mol. The summed E-state index contributed by atoms with van der Waals surface area (Å²) in [5, 5.41) is 0. The highest BCUT2D eigenvalue weighted by atomic mass is 79.9. The van der Waals surface area contributed by atoms with Crippen LogP contribution < -0.4 is 10.5 Å². The number of rotatable bonds is 4. The Kier molecular flexibility index (Phi) is 4.65. The first-order valence-corrected chi connectivity index (χ1v) is 8.37. The van der Waals surface area contributed by atoms with Crippen molar-refractivity contribution in [3.8, 4) is 0 Å². The Bertz CT molecular complexity index is 779. The van der Waals surface area contributed by atoms with Gasteiger partial charge in [-0.3, -0.25) is 0 Å². The summed E-state index contributed by atoms with van der Waals surface area (Å²) >= 11 is 3.31. The Morgan fingerprint density at radius 3 is 2.67 bits per heavy atom. The minimum Gasteiger partial charge on any atom is -0.399 e. The lowest BCUT2D eigenvalue weighted by atomic mass is 10.2. The van der Waals surface area contributed by atoms with Crippen LogP contribution in [0.2, 0.25) is 0 Å². The van der Waals surface area contributed by atoms with Crippen LogP contribution in [0.15, 0.2) is 45.8 Å². The normalized spacial score (nSPS) is 11.6. The summed E-state index contributed by atoms with van der Waals surface area (Å²) in [6.45, 7) is 1.51. The zero-order valence-electron chi connectivity index (χ0n) is 11.2. The van der Waals surface area contributed by atoms with Crippen molar-refractivity contribution in [2.24, 2.45) is 0 Å². The lowest BCUT2D eigenvalue weighted by Crippen LogP contribution is -2.24. The molecule has 2 aromatic rings. The van der Waals surface area contributed by atoms with Crippen molar-refractivity contribution in [2.45, 2.75) is 18.4 Å². The second kappa shape index (κ2) is 6.13. The van der Waals surface area contributed by atoms with Crippen LogP contribution in [0, 0.1) is 12.7 Å². The maximum atomic E-state index is 13.6. The molecule has 0 spiro atoms. The van der Waals surface area contributed by atoms with E-state index < -0.39 is 15.8 Å². The van der Waals surface area contributed by atoms with E-state index in [0.29, 0.717) is 0 Å². The largest absolute Gasteiger partial charge is 0.399 e. The first-order chi connectivity index (χ1) is 9.79. The second-order valence-corrected chi connectivity index (χ2v) is 7.23. The van der Waals surface area contributed by atoms with Crippen molar-refractivity contribution in [2.75, 3.05) is 5.73 Å². The van der Waals surface area contributed by atoms with Crippen LogP contribution in [0.3, 0.4) is 0 Å². The fraction of sp³-hybridized carbons (Fsp3) is 0.143. The third-order valence-electron chi connectivity index (χ3n) is 2.96. The van der Waals surface area contributed by atoms with Crippen LogP contribution in [0.25, 0.3) is 0 Å². The van der Waals surface area contributed by atoms with E-state index in [1.807, 2.05) is 6.07 Å². The van der Waals surface area contributed by atoms with Gasteiger partial charge >= 0.3 is 0 Å². The molecule has 0 fully saturated rings. The molecular formula is C14H14BrFN2O2S. The maximum Gasteiger partial charge on any atom is 0.241 e. The summed E-state index contributed by atoms with van der Waals surface area (Å²) < 4.78 is 41.4. The lowest BCUT2D eigenvalue weighted by molar-refractivity contribution is 0.574. The smallest absolute Gasteiger partial charge is 0.241 e. The van der Waals surface area contributed by atoms with E-state index in [4.69, 9.17) is 5.73 Å². The van der Waals surface area contributed by atoms with Crippen molar-refractivity contribution in [3.05, 3.63) is 57.8 Å². The number of nitrogens with two attached hydrogens (primary N) is 1. The number of halogens is 2. The Hall–Kier alpha value is -1.44. The number of sulfonamides is 1. The minimum absolute atomic E-state index is 0.0472. The molecule has 0 radical (unpaired) electrons. The van der Waals surface area contributed by atoms with Crippen molar-refractivity contribution in [1.29, 1.82) is 0 Å². The Morgan fingerprint density at radius 2 is 2.00 bits per heavy atom. The Labute approximate surface area is 131 Å². The molecule has 7 heteroatoms. The number of nitrogen functional groups attached to an aromatic ring is 1. The molecule has 0 saturated heterocycles. The molecule has 0 aliphatic heterocycles. The van der Waals surface area contributed by atoms with Crippen LogP contribution in [0.1, 0.15) is 11.1 Å². The van der Waals surface area contributed by atoms with Gasteiger partial charge < -0.3 is 5.73 Å². The van der Waals surface area contributed by atoms with Gasteiger partial charge in [-0.15, -0.1) is 0 Å². The molecule has 0 bridgehead atoms. The fourth-order valence-electron chi connectivity index (χ4n) is 1.86. The molecule has 21 heavy (non-hydrogen) atoms. The zero-order chi connectivity index (χ0) is 15.6. The molecule has 2 aromatic carbocycles. The third-order valence-corrected chi connectivity index (χ3v) is 4.98. The van der Waals surface area contributed by atoms with Crippen LogP contribution in [-0.2, 0) is 16.6 Å². The summed E-state index contributed by atoms with van der Waals surface area (Å²) in [6.07, 6.45) is 0. The van der Waals surface area contributed by atoms with Crippen molar-refractivity contribution in [3.63, 3.8) is 0 Å². The average molecular weight is 373 g/mol. The van der Waals surface area contributed by atoms with Gasteiger partial charge in [0.05, 0.1) is 4.90 Å². The van der Waals surface area contributed by atoms with Crippen LogP contribution in [0.4, 0.5) is 10.1 Å². The molecule has 3 N–H and O–H groups in total. The summed E-state index contributed by atoms with van der Waals surface area (Å²) in [5.74, 6) is -0.641. The number of anilines is 1. The topological polar surface area (TPSA) is 72.2 Å². The minimum atomic E-state index is -3.83. The molecule has 2 rings (SSSR count). The van der Waals surface area contributed by atoms with Crippen molar-refractivity contribution >= 4 is 31.6 Å². The van der Waals surface area contributed by atoms with E-state index in [-0.39, 0.29) is 22.7 Å². The van der Waals surface area contributed by atoms with E-state index in [9.17, 15) is 12.8 Å². The van der Waals surface area contributed by atoms with E-state index in [1.54, 1.807) is 18.2 Å². The number of hydrogen-bond acceptors (Lipinski definition) is 3. The summed E-state index contributed by atoms with van der Waals surface area (Å²) in [7, 11) is -3.83. The van der Waals surface area contributed by atoms with Crippen LogP contribution in [-0.4, -0.2) is 8.42 Å². The van der Waals surface area contributed by atoms with E-state index >= 15 is 0 Å². The molecule has 0 aliphatic carbocycles. The molecule has 0 saturated carbocycles. The van der Waals surface area contributed by atoms with Crippen LogP contribution in [0.5, 0.6) is 0 Å². The molecule has 0 heterocycles. The predicted molar refractivity (Wildman–Crippen MR) is 83.7 cm³/mol. The Morgan fingerprint density at radius 1 is 1.29 bits per heavy atom. The van der Waals surface area contributed by atoms with E-state index in [0.717, 1.165) is 16.1 Å². The fourth-order valence-corrected chi connectivity index (χ4v) is 3.61. The van der Waals surface area contributed by atoms with Crippen LogP contribution >= 0.6 is 15.9 Å². The van der Waals surface area contributed by atoms with Gasteiger partial charge in [0.2, 0.25) is 10.0 Å². The summed E-state index contributed by atoms with van der Waals surface area (Å²) in [6, 6.07) is 9.59. The van der Waals surface area contributed by atoms with Gasteiger partial charge in [0.25, 0.3) is 0 Å². The van der Waals surface area contributed by atoms with Crippen molar-refractivity contribution < 1.29 is 12.8 Å². The number of benzene rings is 2.